The molecule has 0 bridgehead atoms. The molecule has 0 unspecified atom stereocenters. The van der Waals surface area contributed by atoms with Gasteiger partial charge in [0.1, 0.15) is 5.75 Å². The normalized spacial score (nSPS) is 16.5. The average molecular weight is 352 g/mol. The molecule has 1 aliphatic rings. The third kappa shape index (κ3) is 5.09. The van der Waals surface area contributed by atoms with E-state index in [9.17, 15) is 4.79 Å². The lowest BCUT2D eigenvalue weighted by molar-refractivity contribution is -0.122. The van der Waals surface area contributed by atoms with Crippen molar-refractivity contribution >= 4 is 5.91 Å². The molecule has 1 heterocycles. The van der Waals surface area contributed by atoms with E-state index in [1.165, 1.54) is 25.7 Å². The fourth-order valence-electron chi connectivity index (χ4n) is 3.50. The maximum atomic E-state index is 12.7. The molecule has 2 aromatic rings. The molecule has 1 atom stereocenters. The van der Waals surface area contributed by atoms with Gasteiger partial charge >= 0.3 is 0 Å². The second-order valence-electron chi connectivity index (χ2n) is 6.87. The smallest absolute Gasteiger partial charge is 0.234 e. The molecule has 1 saturated heterocycles. The molecule has 0 aromatic heterocycles. The van der Waals surface area contributed by atoms with Crippen LogP contribution in [0, 0.1) is 0 Å². The lowest BCUT2D eigenvalue weighted by atomic mass is 9.98. The molecule has 1 fully saturated rings. The van der Waals surface area contributed by atoms with Crippen molar-refractivity contribution in [3.63, 3.8) is 0 Å². The Labute approximate surface area is 156 Å². The van der Waals surface area contributed by atoms with E-state index in [4.69, 9.17) is 4.74 Å². The predicted octanol–water partition coefficient (Wildman–Crippen LogP) is 3.78. The summed E-state index contributed by atoms with van der Waals surface area (Å²) in [4.78, 5) is 15.0. The summed E-state index contributed by atoms with van der Waals surface area (Å²) in [5.74, 6) is 0.896. The SMILES string of the molecule is COc1ccc([C@@H](NC(=O)CN2CCCCCC2)c2ccccc2)cc1. The lowest BCUT2D eigenvalue weighted by Crippen LogP contribution is -2.39. The molecule has 2 aromatic carbocycles. The van der Waals surface area contributed by atoms with Crippen molar-refractivity contribution in [2.24, 2.45) is 0 Å². The summed E-state index contributed by atoms with van der Waals surface area (Å²) in [7, 11) is 1.66. The first-order valence-electron chi connectivity index (χ1n) is 9.47. The Morgan fingerprint density at radius 1 is 0.962 bits per heavy atom. The van der Waals surface area contributed by atoms with Crippen LogP contribution in [0.3, 0.4) is 0 Å². The first kappa shape index (κ1) is 18.5. The molecular formula is C22H28N2O2. The van der Waals surface area contributed by atoms with E-state index in [1.807, 2.05) is 42.5 Å². The molecule has 1 amide bonds. The monoisotopic (exact) mass is 352 g/mol. The molecule has 0 radical (unpaired) electrons. The van der Waals surface area contributed by atoms with Crippen molar-refractivity contribution in [3.8, 4) is 5.75 Å². The van der Waals surface area contributed by atoms with Crippen LogP contribution in [0.1, 0.15) is 42.9 Å². The molecule has 1 aliphatic heterocycles. The van der Waals surface area contributed by atoms with Crippen molar-refractivity contribution in [2.75, 3.05) is 26.7 Å². The van der Waals surface area contributed by atoms with Crippen molar-refractivity contribution in [2.45, 2.75) is 31.7 Å². The molecule has 26 heavy (non-hydrogen) atoms. The fraction of sp³-hybridized carbons (Fsp3) is 0.409. The second-order valence-corrected chi connectivity index (χ2v) is 6.87. The van der Waals surface area contributed by atoms with E-state index in [2.05, 4.69) is 22.3 Å². The van der Waals surface area contributed by atoms with Gasteiger partial charge in [0, 0.05) is 0 Å². The third-order valence-electron chi connectivity index (χ3n) is 4.95. The number of ether oxygens (including phenoxy) is 1. The standard InChI is InChI=1S/C22H28N2O2/c1-26-20-13-11-19(12-14-20)22(18-9-5-4-6-10-18)23-21(25)17-24-15-7-2-3-8-16-24/h4-6,9-14,22H,2-3,7-8,15-17H2,1H3,(H,23,25)/t22-/m0/s1. The quantitative estimate of drug-likeness (QED) is 0.860. The Hall–Kier alpha value is -2.33. The van der Waals surface area contributed by atoms with Crippen LogP contribution < -0.4 is 10.1 Å². The first-order chi connectivity index (χ1) is 12.8. The molecule has 1 N–H and O–H groups in total. The van der Waals surface area contributed by atoms with Crippen molar-refractivity contribution in [3.05, 3.63) is 65.7 Å². The Bertz CT molecular complexity index is 677. The average Bonchev–Trinajstić information content (AvgIpc) is 2.95. The summed E-state index contributed by atoms with van der Waals surface area (Å²) in [5.41, 5.74) is 2.14. The zero-order valence-corrected chi connectivity index (χ0v) is 15.5. The number of methoxy groups -OCH3 is 1. The van der Waals surface area contributed by atoms with Gasteiger partial charge in [0.25, 0.3) is 0 Å². The number of likely N-dealkylation sites (tertiary alicyclic amines) is 1. The van der Waals surface area contributed by atoms with Crippen molar-refractivity contribution in [1.29, 1.82) is 0 Å². The summed E-state index contributed by atoms with van der Waals surface area (Å²) in [6.07, 6.45) is 4.93. The maximum absolute atomic E-state index is 12.7. The fourth-order valence-corrected chi connectivity index (χ4v) is 3.50. The number of benzene rings is 2. The molecule has 3 rings (SSSR count). The Morgan fingerprint density at radius 3 is 2.19 bits per heavy atom. The highest BCUT2D eigenvalue weighted by Gasteiger charge is 2.19. The topological polar surface area (TPSA) is 41.6 Å². The van der Waals surface area contributed by atoms with Crippen LogP contribution >= 0.6 is 0 Å². The minimum atomic E-state index is -0.151. The van der Waals surface area contributed by atoms with E-state index < -0.39 is 0 Å². The Balaban J connectivity index is 1.73. The van der Waals surface area contributed by atoms with Gasteiger partial charge in [0.2, 0.25) is 5.91 Å². The molecule has 0 saturated carbocycles. The number of carbonyl (C=O) groups excluding carboxylic acids is 1. The first-order valence-corrected chi connectivity index (χ1v) is 9.47. The van der Waals surface area contributed by atoms with Gasteiger partial charge < -0.3 is 10.1 Å². The maximum Gasteiger partial charge on any atom is 0.234 e. The van der Waals surface area contributed by atoms with E-state index in [0.29, 0.717) is 6.54 Å². The van der Waals surface area contributed by atoms with E-state index in [0.717, 1.165) is 30.0 Å². The number of nitrogens with zero attached hydrogens (tertiary/aromatic N) is 1. The van der Waals surface area contributed by atoms with Crippen LogP contribution in [-0.4, -0.2) is 37.6 Å². The van der Waals surface area contributed by atoms with E-state index in [1.54, 1.807) is 7.11 Å². The van der Waals surface area contributed by atoms with Crippen LogP contribution in [0.25, 0.3) is 0 Å². The number of rotatable bonds is 6. The van der Waals surface area contributed by atoms with Gasteiger partial charge in [-0.1, -0.05) is 55.3 Å². The highest BCUT2D eigenvalue weighted by molar-refractivity contribution is 5.79. The van der Waals surface area contributed by atoms with Crippen molar-refractivity contribution < 1.29 is 9.53 Å². The summed E-state index contributed by atoms with van der Waals surface area (Å²) < 4.78 is 5.25. The van der Waals surface area contributed by atoms with E-state index >= 15 is 0 Å². The zero-order chi connectivity index (χ0) is 18.2. The number of carbonyl (C=O) groups is 1. The van der Waals surface area contributed by atoms with Crippen LogP contribution in [0.5, 0.6) is 5.75 Å². The van der Waals surface area contributed by atoms with Gasteiger partial charge in [-0.2, -0.15) is 0 Å². The van der Waals surface area contributed by atoms with Gasteiger partial charge in [-0.05, 0) is 49.2 Å². The largest absolute Gasteiger partial charge is 0.497 e. The molecule has 138 valence electrons. The summed E-state index contributed by atoms with van der Waals surface area (Å²) in [6.45, 7) is 2.51. The van der Waals surface area contributed by atoms with E-state index in [-0.39, 0.29) is 11.9 Å². The zero-order valence-electron chi connectivity index (χ0n) is 15.5. The third-order valence-corrected chi connectivity index (χ3v) is 4.95. The van der Waals surface area contributed by atoms with Crippen molar-refractivity contribution in [1.82, 2.24) is 10.2 Å². The predicted molar refractivity (Wildman–Crippen MR) is 104 cm³/mol. The molecule has 4 nitrogen and oxygen atoms in total. The van der Waals surface area contributed by atoms with Gasteiger partial charge in [-0.25, -0.2) is 0 Å². The van der Waals surface area contributed by atoms with Gasteiger partial charge in [0.05, 0.1) is 19.7 Å². The number of amides is 1. The highest BCUT2D eigenvalue weighted by Crippen LogP contribution is 2.24. The number of hydrogen-bond acceptors (Lipinski definition) is 3. The lowest BCUT2D eigenvalue weighted by Gasteiger charge is -2.23. The highest BCUT2D eigenvalue weighted by atomic mass is 16.5. The van der Waals surface area contributed by atoms with Crippen LogP contribution in [0.2, 0.25) is 0 Å². The molecular weight excluding hydrogens is 324 g/mol. The number of hydrogen-bond donors (Lipinski definition) is 1. The summed E-state index contributed by atoms with van der Waals surface area (Å²) in [5, 5.41) is 3.23. The Kier molecular flexibility index (Phi) is 6.67. The van der Waals surface area contributed by atoms with Crippen LogP contribution in [-0.2, 0) is 4.79 Å². The van der Waals surface area contributed by atoms with Gasteiger partial charge in [-0.15, -0.1) is 0 Å². The molecule has 4 heteroatoms. The summed E-state index contributed by atoms with van der Waals surface area (Å²) >= 11 is 0. The number of nitrogens with one attached hydrogen (secondary N) is 1. The minimum Gasteiger partial charge on any atom is -0.497 e. The minimum absolute atomic E-state index is 0.0802. The second kappa shape index (κ2) is 9.39. The summed E-state index contributed by atoms with van der Waals surface area (Å²) in [6, 6.07) is 17.9. The van der Waals surface area contributed by atoms with Gasteiger partial charge in [-0.3, -0.25) is 9.69 Å². The van der Waals surface area contributed by atoms with Crippen LogP contribution in [0.4, 0.5) is 0 Å². The molecule has 0 aliphatic carbocycles. The van der Waals surface area contributed by atoms with Gasteiger partial charge in [0.15, 0.2) is 0 Å². The van der Waals surface area contributed by atoms with Crippen LogP contribution in [0.15, 0.2) is 54.6 Å². The Morgan fingerprint density at radius 2 is 1.58 bits per heavy atom. The molecule has 0 spiro atoms.